The van der Waals surface area contributed by atoms with Crippen LogP contribution in [0.1, 0.15) is 48.9 Å². The maximum Gasteiger partial charge on any atom is 0.318 e. The number of carbonyl (C=O) groups is 1. The summed E-state index contributed by atoms with van der Waals surface area (Å²) in [6.07, 6.45) is 5.65. The molecular formula is C33H37FN6O2. The molecule has 0 N–H and O–H groups in total. The van der Waals surface area contributed by atoms with Crippen molar-refractivity contribution in [3.63, 3.8) is 0 Å². The number of fused-ring (bicyclic) bond motifs is 2. The number of aryl methyl sites for hydroxylation is 1. The average molecular weight is 569 g/mol. The predicted octanol–water partition coefficient (Wildman–Crippen LogP) is 5.48. The number of amides is 1. The summed E-state index contributed by atoms with van der Waals surface area (Å²) in [4.78, 5) is 28.3. The third kappa shape index (κ3) is 5.50. The van der Waals surface area contributed by atoms with Crippen LogP contribution < -0.4 is 14.5 Å². The maximum atomic E-state index is 13.8. The first-order valence-corrected chi connectivity index (χ1v) is 15.0. The summed E-state index contributed by atoms with van der Waals surface area (Å²) >= 11 is 0. The van der Waals surface area contributed by atoms with E-state index in [1.807, 2.05) is 0 Å². The van der Waals surface area contributed by atoms with Crippen LogP contribution >= 0.6 is 0 Å². The fraction of sp³-hybridized carbons (Fsp3) is 0.455. The van der Waals surface area contributed by atoms with Gasteiger partial charge in [0.2, 0.25) is 0 Å². The Bertz CT molecular complexity index is 1540. The molecule has 1 aliphatic carbocycles. The van der Waals surface area contributed by atoms with Crippen LogP contribution in [0.2, 0.25) is 0 Å². The minimum Gasteiger partial charge on any atom is -0.463 e. The van der Waals surface area contributed by atoms with Crippen molar-refractivity contribution in [1.29, 1.82) is 5.26 Å². The second-order valence-electron chi connectivity index (χ2n) is 11.7. The van der Waals surface area contributed by atoms with Gasteiger partial charge in [-0.1, -0.05) is 49.8 Å². The lowest BCUT2D eigenvalue weighted by atomic mass is 9.99. The summed E-state index contributed by atoms with van der Waals surface area (Å²) < 4.78 is 20.0. The van der Waals surface area contributed by atoms with Gasteiger partial charge in [0, 0.05) is 42.8 Å². The van der Waals surface area contributed by atoms with Crippen molar-refractivity contribution >= 4 is 28.2 Å². The van der Waals surface area contributed by atoms with Gasteiger partial charge in [-0.05, 0) is 49.1 Å². The van der Waals surface area contributed by atoms with E-state index in [9.17, 15) is 14.4 Å². The van der Waals surface area contributed by atoms with E-state index < -0.39 is 17.8 Å². The Hall–Kier alpha value is -4.19. The number of hydrogen-bond acceptors (Lipinski definition) is 7. The molecule has 3 heterocycles. The highest BCUT2D eigenvalue weighted by Crippen LogP contribution is 2.36. The van der Waals surface area contributed by atoms with Crippen LogP contribution in [-0.4, -0.2) is 59.6 Å². The molecule has 2 fully saturated rings. The van der Waals surface area contributed by atoms with E-state index in [1.54, 1.807) is 0 Å². The lowest BCUT2D eigenvalue weighted by molar-refractivity contribution is -0.131. The average Bonchev–Trinajstić information content (AvgIpc) is 3.53. The molecule has 6 rings (SSSR count). The van der Waals surface area contributed by atoms with Crippen LogP contribution in [0.15, 0.2) is 48.8 Å². The van der Waals surface area contributed by atoms with Crippen LogP contribution in [0.5, 0.6) is 6.01 Å². The Morgan fingerprint density at radius 3 is 2.67 bits per heavy atom. The highest BCUT2D eigenvalue weighted by Gasteiger charge is 2.35. The van der Waals surface area contributed by atoms with Gasteiger partial charge in [-0.3, -0.25) is 4.79 Å². The zero-order valence-electron chi connectivity index (χ0n) is 24.2. The van der Waals surface area contributed by atoms with E-state index in [0.29, 0.717) is 38.2 Å². The topological polar surface area (TPSA) is 85.6 Å². The summed E-state index contributed by atoms with van der Waals surface area (Å²) in [6.45, 7) is 8.50. The number of nitrogens with zero attached hydrogens (tertiary/aromatic N) is 6. The van der Waals surface area contributed by atoms with E-state index in [0.717, 1.165) is 42.9 Å². The van der Waals surface area contributed by atoms with E-state index in [2.05, 4.69) is 65.8 Å². The Kier molecular flexibility index (Phi) is 7.96. The third-order valence-corrected chi connectivity index (χ3v) is 8.98. The molecule has 0 radical (unpaired) electrons. The molecule has 0 spiro atoms. The highest BCUT2D eigenvalue weighted by atomic mass is 19.1. The van der Waals surface area contributed by atoms with Gasteiger partial charge in [0.05, 0.1) is 37.4 Å². The standard InChI is InChI=1S/C33H37FN6O2/c1-22-7-5-10-25-11-6-12-29(30(22)25)38-16-14-27-28(20-38)36-33(42-21-24-8-3-4-9-24)37-31(27)39-17-18-40(32(41)23(2)34)26(19-39)13-15-35/h5-7,10-12,24,26H,2-4,8-9,13-14,16-21H2,1H3. The molecule has 9 heteroatoms. The van der Waals surface area contributed by atoms with Gasteiger partial charge in [0.15, 0.2) is 5.83 Å². The van der Waals surface area contributed by atoms with Crippen molar-refractivity contribution in [2.24, 2.45) is 5.92 Å². The molecule has 2 aromatic carbocycles. The van der Waals surface area contributed by atoms with Gasteiger partial charge in [0.1, 0.15) is 5.82 Å². The molecule has 1 atom stereocenters. The number of halogens is 1. The van der Waals surface area contributed by atoms with Crippen LogP contribution in [0.25, 0.3) is 10.8 Å². The first kappa shape index (κ1) is 28.0. The quantitative estimate of drug-likeness (QED) is 0.349. The number of ether oxygens (including phenoxy) is 1. The van der Waals surface area contributed by atoms with Crippen molar-refractivity contribution in [3.05, 3.63) is 65.6 Å². The van der Waals surface area contributed by atoms with Gasteiger partial charge in [0.25, 0.3) is 5.91 Å². The number of aromatic nitrogens is 2. The van der Waals surface area contributed by atoms with Gasteiger partial charge in [-0.15, -0.1) is 0 Å². The first-order chi connectivity index (χ1) is 20.4. The van der Waals surface area contributed by atoms with E-state index in [1.165, 1.54) is 39.8 Å². The van der Waals surface area contributed by atoms with Gasteiger partial charge in [-0.25, -0.2) is 4.39 Å². The summed E-state index contributed by atoms with van der Waals surface area (Å²) in [7, 11) is 0. The molecule has 218 valence electrons. The third-order valence-electron chi connectivity index (χ3n) is 8.98. The summed E-state index contributed by atoms with van der Waals surface area (Å²) in [5.74, 6) is -0.436. The molecule has 3 aromatic rings. The van der Waals surface area contributed by atoms with E-state index >= 15 is 0 Å². The number of carbonyl (C=O) groups excluding carboxylic acids is 1. The summed E-state index contributed by atoms with van der Waals surface area (Å²) in [5.41, 5.74) is 4.44. The number of hydrogen-bond donors (Lipinski definition) is 0. The number of anilines is 2. The molecule has 1 saturated carbocycles. The van der Waals surface area contributed by atoms with Crippen molar-refractivity contribution in [2.45, 2.75) is 58.0 Å². The molecule has 3 aliphatic rings. The smallest absolute Gasteiger partial charge is 0.318 e. The fourth-order valence-electron chi connectivity index (χ4n) is 6.81. The van der Waals surface area contributed by atoms with Crippen LogP contribution in [0.3, 0.4) is 0 Å². The lowest BCUT2D eigenvalue weighted by Crippen LogP contribution is -2.55. The Balaban J connectivity index is 1.33. The molecule has 1 saturated heterocycles. The largest absolute Gasteiger partial charge is 0.463 e. The Morgan fingerprint density at radius 1 is 1.12 bits per heavy atom. The number of nitriles is 1. The number of piperazine rings is 1. The van der Waals surface area contributed by atoms with Crippen LogP contribution in [-0.2, 0) is 17.8 Å². The predicted molar refractivity (Wildman–Crippen MR) is 161 cm³/mol. The van der Waals surface area contributed by atoms with Crippen molar-refractivity contribution < 1.29 is 13.9 Å². The van der Waals surface area contributed by atoms with Crippen LogP contribution in [0.4, 0.5) is 15.9 Å². The van der Waals surface area contributed by atoms with E-state index in [-0.39, 0.29) is 13.0 Å². The number of benzene rings is 2. The zero-order valence-corrected chi connectivity index (χ0v) is 24.2. The normalized spacial score (nSPS) is 19.1. The zero-order chi connectivity index (χ0) is 29.2. The van der Waals surface area contributed by atoms with Gasteiger partial charge in [-0.2, -0.15) is 15.2 Å². The molecule has 1 aromatic heterocycles. The molecule has 2 aliphatic heterocycles. The first-order valence-electron chi connectivity index (χ1n) is 15.0. The molecular weight excluding hydrogens is 531 g/mol. The minimum absolute atomic E-state index is 0.0992. The SMILES string of the molecule is C=C(F)C(=O)N1CCN(c2nc(OCC3CCCC3)nc3c2CCN(c2cccc4cccc(C)c24)C3)CC1CC#N. The monoisotopic (exact) mass is 568 g/mol. The maximum absolute atomic E-state index is 13.8. The second-order valence-corrected chi connectivity index (χ2v) is 11.7. The molecule has 1 unspecified atom stereocenters. The Morgan fingerprint density at radius 2 is 1.90 bits per heavy atom. The lowest BCUT2D eigenvalue weighted by Gasteiger charge is -2.42. The number of rotatable bonds is 7. The van der Waals surface area contributed by atoms with Gasteiger partial charge < -0.3 is 19.4 Å². The van der Waals surface area contributed by atoms with Crippen molar-refractivity contribution in [2.75, 3.05) is 42.6 Å². The van der Waals surface area contributed by atoms with Gasteiger partial charge >= 0.3 is 6.01 Å². The molecule has 1 amide bonds. The van der Waals surface area contributed by atoms with Crippen molar-refractivity contribution in [1.82, 2.24) is 14.9 Å². The molecule has 8 nitrogen and oxygen atoms in total. The highest BCUT2D eigenvalue weighted by molar-refractivity contribution is 5.97. The fourth-order valence-corrected chi connectivity index (χ4v) is 6.81. The summed E-state index contributed by atoms with van der Waals surface area (Å²) in [5, 5.41) is 12.0. The van der Waals surface area contributed by atoms with Crippen LogP contribution in [0, 0.1) is 24.2 Å². The molecule has 0 bridgehead atoms. The van der Waals surface area contributed by atoms with E-state index in [4.69, 9.17) is 14.7 Å². The minimum atomic E-state index is -1.00. The Labute approximate surface area is 246 Å². The second kappa shape index (κ2) is 12.0. The molecule has 42 heavy (non-hydrogen) atoms. The summed E-state index contributed by atoms with van der Waals surface area (Å²) in [6, 6.07) is 14.9. The van der Waals surface area contributed by atoms with Crippen molar-refractivity contribution in [3.8, 4) is 12.1 Å².